The van der Waals surface area contributed by atoms with Crippen molar-refractivity contribution in [2.75, 3.05) is 26.9 Å². The molecule has 0 saturated carbocycles. The maximum Gasteiger partial charge on any atom is 0.166 e. The number of carbonyl (C=O) groups excluding carboxylic acids is 1. The van der Waals surface area contributed by atoms with Crippen LogP contribution in [0.3, 0.4) is 0 Å². The van der Waals surface area contributed by atoms with E-state index in [-0.39, 0.29) is 5.78 Å². The van der Waals surface area contributed by atoms with Crippen molar-refractivity contribution in [2.45, 2.75) is 26.2 Å². The predicted molar refractivity (Wildman–Crippen MR) is 80.2 cm³/mol. The highest BCUT2D eigenvalue weighted by atomic mass is 16.5. The largest absolute Gasteiger partial charge is 0.490 e. The van der Waals surface area contributed by atoms with Gasteiger partial charge in [0, 0.05) is 13.5 Å². The molecule has 0 fully saturated rings. The first kappa shape index (κ1) is 16.7. The molecule has 0 radical (unpaired) electrons. The van der Waals surface area contributed by atoms with Gasteiger partial charge in [-0.2, -0.15) is 0 Å². The monoisotopic (exact) mass is 279 g/mol. The first-order valence-corrected chi connectivity index (χ1v) is 7.13. The molecule has 20 heavy (non-hydrogen) atoms. The van der Waals surface area contributed by atoms with Gasteiger partial charge in [0.15, 0.2) is 5.78 Å². The van der Waals surface area contributed by atoms with Gasteiger partial charge in [-0.3, -0.25) is 4.79 Å². The molecule has 1 aromatic rings. The molecule has 1 atom stereocenters. The van der Waals surface area contributed by atoms with E-state index in [1.54, 1.807) is 7.11 Å². The zero-order valence-corrected chi connectivity index (χ0v) is 12.4. The Balaban J connectivity index is 2.58. The van der Waals surface area contributed by atoms with E-state index in [2.05, 4.69) is 6.92 Å². The lowest BCUT2D eigenvalue weighted by Crippen LogP contribution is -2.10. The normalized spacial score (nSPS) is 12.2. The third-order valence-electron chi connectivity index (χ3n) is 3.26. The minimum absolute atomic E-state index is 0.127. The van der Waals surface area contributed by atoms with Crippen LogP contribution in [0.5, 0.6) is 5.75 Å². The minimum Gasteiger partial charge on any atom is -0.490 e. The molecule has 4 nitrogen and oxygen atoms in total. The Kier molecular flexibility index (Phi) is 7.92. The van der Waals surface area contributed by atoms with Gasteiger partial charge in [0.2, 0.25) is 0 Å². The van der Waals surface area contributed by atoms with Gasteiger partial charge in [0.05, 0.1) is 12.2 Å². The highest BCUT2D eigenvalue weighted by Crippen LogP contribution is 2.21. The van der Waals surface area contributed by atoms with Crippen LogP contribution in [0.25, 0.3) is 0 Å². The van der Waals surface area contributed by atoms with Crippen LogP contribution in [-0.4, -0.2) is 32.7 Å². The number of Topliss-reactive ketones (excluding diaryl/α,β-unsaturated/α-hetero) is 1. The summed E-state index contributed by atoms with van der Waals surface area (Å²) < 4.78 is 10.5. The van der Waals surface area contributed by atoms with Gasteiger partial charge in [-0.1, -0.05) is 19.1 Å². The summed E-state index contributed by atoms with van der Waals surface area (Å²) in [6.45, 7) is 3.76. The van der Waals surface area contributed by atoms with Crippen LogP contribution in [0.1, 0.15) is 36.5 Å². The molecular formula is C16H25NO3. The van der Waals surface area contributed by atoms with Crippen molar-refractivity contribution in [3.63, 3.8) is 0 Å². The van der Waals surface area contributed by atoms with Gasteiger partial charge in [0.25, 0.3) is 0 Å². The van der Waals surface area contributed by atoms with Crippen LogP contribution in [0.15, 0.2) is 24.3 Å². The van der Waals surface area contributed by atoms with E-state index in [0.717, 1.165) is 12.8 Å². The smallest absolute Gasteiger partial charge is 0.166 e. The number of rotatable bonds is 10. The standard InChI is InChI=1S/C16H25NO3/c1-13(9-10-17)7-8-15(18)14-5-3-4-6-16(14)20-12-11-19-2/h3-6,13H,7-12,17H2,1-2H3. The lowest BCUT2D eigenvalue weighted by molar-refractivity contribution is 0.0966. The fourth-order valence-electron chi connectivity index (χ4n) is 2.00. The molecule has 112 valence electrons. The molecular weight excluding hydrogens is 254 g/mol. The van der Waals surface area contributed by atoms with Crippen LogP contribution in [-0.2, 0) is 4.74 Å². The van der Waals surface area contributed by atoms with Gasteiger partial charge in [-0.05, 0) is 37.4 Å². The Morgan fingerprint density at radius 2 is 2.00 bits per heavy atom. The average molecular weight is 279 g/mol. The van der Waals surface area contributed by atoms with Gasteiger partial charge in [-0.15, -0.1) is 0 Å². The molecule has 0 heterocycles. The Morgan fingerprint density at radius 1 is 1.25 bits per heavy atom. The van der Waals surface area contributed by atoms with E-state index in [1.807, 2.05) is 24.3 Å². The van der Waals surface area contributed by atoms with Crippen LogP contribution in [0, 0.1) is 5.92 Å². The number of ketones is 1. The molecule has 0 aliphatic rings. The molecule has 0 aromatic heterocycles. The highest BCUT2D eigenvalue weighted by molar-refractivity contribution is 5.98. The van der Waals surface area contributed by atoms with Crippen molar-refractivity contribution in [1.82, 2.24) is 0 Å². The van der Waals surface area contributed by atoms with E-state index in [1.165, 1.54) is 0 Å². The van der Waals surface area contributed by atoms with Gasteiger partial charge in [0.1, 0.15) is 12.4 Å². The number of hydrogen-bond acceptors (Lipinski definition) is 4. The second kappa shape index (κ2) is 9.50. The van der Waals surface area contributed by atoms with E-state index >= 15 is 0 Å². The Bertz CT molecular complexity index is 406. The molecule has 0 amide bonds. The van der Waals surface area contributed by atoms with Crippen molar-refractivity contribution in [3.05, 3.63) is 29.8 Å². The SMILES string of the molecule is COCCOc1ccccc1C(=O)CCC(C)CCN. The number of carbonyl (C=O) groups is 1. The van der Waals surface area contributed by atoms with Crippen LogP contribution in [0.2, 0.25) is 0 Å². The van der Waals surface area contributed by atoms with Crippen molar-refractivity contribution in [1.29, 1.82) is 0 Å². The van der Waals surface area contributed by atoms with Crippen molar-refractivity contribution in [3.8, 4) is 5.75 Å². The number of para-hydroxylation sites is 1. The average Bonchev–Trinajstić information content (AvgIpc) is 2.46. The molecule has 1 unspecified atom stereocenters. The first-order chi connectivity index (χ1) is 9.69. The van der Waals surface area contributed by atoms with E-state index in [9.17, 15) is 4.79 Å². The van der Waals surface area contributed by atoms with E-state index in [0.29, 0.717) is 43.4 Å². The fourth-order valence-corrected chi connectivity index (χ4v) is 2.00. The Labute approximate surface area is 121 Å². The third kappa shape index (κ3) is 5.72. The first-order valence-electron chi connectivity index (χ1n) is 7.13. The maximum absolute atomic E-state index is 12.3. The van der Waals surface area contributed by atoms with Crippen molar-refractivity contribution in [2.24, 2.45) is 11.7 Å². The summed E-state index contributed by atoms with van der Waals surface area (Å²) >= 11 is 0. The lowest BCUT2D eigenvalue weighted by Gasteiger charge is -2.12. The quantitative estimate of drug-likeness (QED) is 0.528. The topological polar surface area (TPSA) is 61.5 Å². The molecule has 0 aliphatic heterocycles. The van der Waals surface area contributed by atoms with Gasteiger partial charge < -0.3 is 15.2 Å². The van der Waals surface area contributed by atoms with Crippen molar-refractivity contribution < 1.29 is 14.3 Å². The number of ether oxygens (including phenoxy) is 2. The molecule has 0 bridgehead atoms. The lowest BCUT2D eigenvalue weighted by atomic mass is 9.97. The molecule has 4 heteroatoms. The third-order valence-corrected chi connectivity index (χ3v) is 3.26. The number of methoxy groups -OCH3 is 1. The van der Waals surface area contributed by atoms with Crippen LogP contribution < -0.4 is 10.5 Å². The van der Waals surface area contributed by atoms with Crippen molar-refractivity contribution >= 4 is 5.78 Å². The summed E-state index contributed by atoms with van der Waals surface area (Å²) in [5.74, 6) is 1.24. The molecule has 2 N–H and O–H groups in total. The van der Waals surface area contributed by atoms with Crippen LogP contribution in [0.4, 0.5) is 0 Å². The maximum atomic E-state index is 12.3. The summed E-state index contributed by atoms with van der Waals surface area (Å²) in [6.07, 6.45) is 2.35. The zero-order valence-electron chi connectivity index (χ0n) is 12.4. The Morgan fingerprint density at radius 3 is 2.70 bits per heavy atom. The molecule has 1 rings (SSSR count). The number of nitrogens with two attached hydrogens (primary N) is 1. The summed E-state index contributed by atoms with van der Waals surface area (Å²) in [5.41, 5.74) is 6.18. The zero-order chi connectivity index (χ0) is 14.8. The van der Waals surface area contributed by atoms with Gasteiger partial charge in [-0.25, -0.2) is 0 Å². The molecule has 0 saturated heterocycles. The van der Waals surface area contributed by atoms with E-state index < -0.39 is 0 Å². The number of hydrogen-bond donors (Lipinski definition) is 1. The second-order valence-corrected chi connectivity index (χ2v) is 4.98. The summed E-state index contributed by atoms with van der Waals surface area (Å²) in [7, 11) is 1.62. The highest BCUT2D eigenvalue weighted by Gasteiger charge is 2.13. The fraction of sp³-hybridized carbons (Fsp3) is 0.562. The van der Waals surface area contributed by atoms with E-state index in [4.69, 9.17) is 15.2 Å². The predicted octanol–water partition coefficient (Wildman–Crippen LogP) is 2.66. The summed E-state index contributed by atoms with van der Waals surface area (Å²) in [6, 6.07) is 7.37. The minimum atomic E-state index is 0.127. The molecule has 1 aromatic carbocycles. The molecule has 0 spiro atoms. The Hall–Kier alpha value is -1.39. The van der Waals surface area contributed by atoms with Gasteiger partial charge >= 0.3 is 0 Å². The summed E-state index contributed by atoms with van der Waals surface area (Å²) in [4.78, 5) is 12.3. The second-order valence-electron chi connectivity index (χ2n) is 4.98. The summed E-state index contributed by atoms with van der Waals surface area (Å²) in [5, 5.41) is 0. The number of benzene rings is 1. The molecule has 0 aliphatic carbocycles. The van der Waals surface area contributed by atoms with Crippen LogP contribution >= 0.6 is 0 Å².